The van der Waals surface area contributed by atoms with Crippen molar-refractivity contribution in [2.75, 3.05) is 20.1 Å². The summed E-state index contributed by atoms with van der Waals surface area (Å²) in [7, 11) is 2.10. The number of likely N-dealkylation sites (tertiary alicyclic amines) is 1. The molecule has 104 valence electrons. The lowest BCUT2D eigenvalue weighted by Gasteiger charge is -2.34. The Morgan fingerprint density at radius 3 is 2.42 bits per heavy atom. The van der Waals surface area contributed by atoms with Gasteiger partial charge in [0.05, 0.1) is 0 Å². The summed E-state index contributed by atoms with van der Waals surface area (Å²) < 4.78 is 0. The maximum Gasteiger partial charge on any atom is 0.00966 e. The van der Waals surface area contributed by atoms with Crippen molar-refractivity contribution in [3.8, 4) is 0 Å². The van der Waals surface area contributed by atoms with Gasteiger partial charge in [0.1, 0.15) is 0 Å². The Morgan fingerprint density at radius 1 is 1.00 bits per heavy atom. The Hall–Kier alpha value is -0.860. The van der Waals surface area contributed by atoms with E-state index in [9.17, 15) is 0 Å². The molecule has 0 aromatic heterocycles. The molecule has 1 aromatic carbocycles. The quantitative estimate of drug-likeness (QED) is 0.896. The van der Waals surface area contributed by atoms with Gasteiger partial charge in [0.25, 0.3) is 0 Å². The molecule has 1 aromatic rings. The monoisotopic (exact) mass is 258 g/mol. The molecule has 1 unspecified atom stereocenters. The first-order valence-electron chi connectivity index (χ1n) is 7.83. The summed E-state index contributed by atoms with van der Waals surface area (Å²) >= 11 is 0. The molecule has 2 heteroatoms. The van der Waals surface area contributed by atoms with E-state index >= 15 is 0 Å². The summed E-state index contributed by atoms with van der Waals surface area (Å²) in [4.78, 5) is 2.75. The summed E-state index contributed by atoms with van der Waals surface area (Å²) in [6.45, 7) is 2.58. The lowest BCUT2D eigenvalue weighted by molar-refractivity contribution is 0.174. The van der Waals surface area contributed by atoms with Gasteiger partial charge in [-0.25, -0.2) is 0 Å². The molecule has 0 radical (unpaired) electrons. The van der Waals surface area contributed by atoms with Crippen LogP contribution in [0, 0.1) is 0 Å². The summed E-state index contributed by atoms with van der Waals surface area (Å²) in [5.41, 5.74) is 1.54. The van der Waals surface area contributed by atoms with Crippen LogP contribution in [0.15, 0.2) is 30.3 Å². The van der Waals surface area contributed by atoms with Crippen molar-refractivity contribution in [1.29, 1.82) is 0 Å². The first kappa shape index (κ1) is 13.1. The highest BCUT2D eigenvalue weighted by Crippen LogP contribution is 2.32. The van der Waals surface area contributed by atoms with E-state index in [0.717, 1.165) is 18.0 Å². The van der Waals surface area contributed by atoms with Gasteiger partial charge in [-0.15, -0.1) is 0 Å². The zero-order chi connectivity index (χ0) is 13.1. The van der Waals surface area contributed by atoms with Gasteiger partial charge in [-0.2, -0.15) is 0 Å². The van der Waals surface area contributed by atoms with E-state index in [1.807, 2.05) is 0 Å². The maximum atomic E-state index is 3.43. The first-order chi connectivity index (χ1) is 9.36. The molecule has 1 saturated heterocycles. The number of rotatable bonds is 3. The maximum absolute atomic E-state index is 3.43. The SMILES string of the molecule is CNC1CCC(N2CCC(c3ccccc3)C2)CC1. The second-order valence-electron chi connectivity index (χ2n) is 6.19. The molecule has 3 rings (SSSR count). The number of benzene rings is 1. The molecule has 1 N–H and O–H groups in total. The molecule has 0 spiro atoms. The molecular formula is C17H26N2. The minimum Gasteiger partial charge on any atom is -0.317 e. The molecule has 2 nitrogen and oxygen atoms in total. The van der Waals surface area contributed by atoms with Gasteiger partial charge in [-0.3, -0.25) is 4.90 Å². The predicted octanol–water partition coefficient (Wildman–Crippen LogP) is 3.01. The van der Waals surface area contributed by atoms with Gasteiger partial charge >= 0.3 is 0 Å². The first-order valence-corrected chi connectivity index (χ1v) is 7.83. The second-order valence-corrected chi connectivity index (χ2v) is 6.19. The minimum absolute atomic E-state index is 0.767. The molecule has 0 amide bonds. The fourth-order valence-electron chi connectivity index (χ4n) is 3.85. The third kappa shape index (κ3) is 3.01. The van der Waals surface area contributed by atoms with Crippen molar-refractivity contribution in [2.24, 2.45) is 0 Å². The lowest BCUT2D eigenvalue weighted by atomic mass is 9.90. The Kier molecular flexibility index (Phi) is 4.19. The summed E-state index contributed by atoms with van der Waals surface area (Å²) in [5.74, 6) is 0.767. The number of nitrogens with one attached hydrogen (secondary N) is 1. The van der Waals surface area contributed by atoms with E-state index in [1.54, 1.807) is 0 Å². The fourth-order valence-corrected chi connectivity index (χ4v) is 3.85. The van der Waals surface area contributed by atoms with Crippen LogP contribution in [0.3, 0.4) is 0 Å². The molecule has 1 saturated carbocycles. The Balaban J connectivity index is 1.55. The Bertz CT molecular complexity index is 382. The molecule has 19 heavy (non-hydrogen) atoms. The van der Waals surface area contributed by atoms with Crippen molar-refractivity contribution in [3.05, 3.63) is 35.9 Å². The second kappa shape index (κ2) is 6.06. The standard InChI is InChI=1S/C17H26N2/c1-18-16-7-9-17(10-8-16)19-12-11-15(13-19)14-5-3-2-4-6-14/h2-6,15-18H,7-13H2,1H3. The number of hydrogen-bond donors (Lipinski definition) is 1. The van der Waals surface area contributed by atoms with Crippen molar-refractivity contribution < 1.29 is 0 Å². The van der Waals surface area contributed by atoms with Gasteiger partial charge < -0.3 is 5.32 Å². The topological polar surface area (TPSA) is 15.3 Å². The molecular weight excluding hydrogens is 232 g/mol. The smallest absolute Gasteiger partial charge is 0.00966 e. The predicted molar refractivity (Wildman–Crippen MR) is 80.5 cm³/mol. The number of hydrogen-bond acceptors (Lipinski definition) is 2. The van der Waals surface area contributed by atoms with E-state index in [0.29, 0.717) is 0 Å². The highest BCUT2D eigenvalue weighted by Gasteiger charge is 2.31. The van der Waals surface area contributed by atoms with Gasteiger partial charge in [0.15, 0.2) is 0 Å². The average Bonchev–Trinajstić information content (AvgIpc) is 2.98. The van der Waals surface area contributed by atoms with Crippen LogP contribution in [0.2, 0.25) is 0 Å². The van der Waals surface area contributed by atoms with E-state index in [1.165, 1.54) is 50.8 Å². The van der Waals surface area contributed by atoms with Crippen molar-refractivity contribution in [1.82, 2.24) is 10.2 Å². The minimum atomic E-state index is 0.767. The molecule has 2 fully saturated rings. The zero-order valence-electron chi connectivity index (χ0n) is 12.0. The highest BCUT2D eigenvalue weighted by atomic mass is 15.2. The molecule has 1 aliphatic carbocycles. The van der Waals surface area contributed by atoms with E-state index in [-0.39, 0.29) is 0 Å². The normalized spacial score (nSPS) is 32.6. The summed E-state index contributed by atoms with van der Waals surface area (Å²) in [6, 6.07) is 12.7. The highest BCUT2D eigenvalue weighted by molar-refractivity contribution is 5.21. The Morgan fingerprint density at radius 2 is 1.74 bits per heavy atom. The van der Waals surface area contributed by atoms with Crippen LogP contribution < -0.4 is 5.32 Å². The number of nitrogens with zero attached hydrogens (tertiary/aromatic N) is 1. The van der Waals surface area contributed by atoms with Crippen molar-refractivity contribution >= 4 is 0 Å². The third-order valence-corrected chi connectivity index (χ3v) is 5.11. The van der Waals surface area contributed by atoms with Crippen LogP contribution in [-0.2, 0) is 0 Å². The van der Waals surface area contributed by atoms with Crippen molar-refractivity contribution in [2.45, 2.75) is 50.1 Å². The summed E-state index contributed by atoms with van der Waals surface area (Å²) in [6.07, 6.45) is 6.82. The summed E-state index contributed by atoms with van der Waals surface area (Å²) in [5, 5.41) is 3.43. The van der Waals surface area contributed by atoms with E-state index in [2.05, 4.69) is 47.6 Å². The van der Waals surface area contributed by atoms with E-state index < -0.39 is 0 Å². The van der Waals surface area contributed by atoms with Gasteiger partial charge in [-0.1, -0.05) is 30.3 Å². The van der Waals surface area contributed by atoms with E-state index in [4.69, 9.17) is 0 Å². The van der Waals surface area contributed by atoms with Crippen molar-refractivity contribution in [3.63, 3.8) is 0 Å². The van der Waals surface area contributed by atoms with Gasteiger partial charge in [0, 0.05) is 18.6 Å². The molecule has 1 heterocycles. The van der Waals surface area contributed by atoms with Gasteiger partial charge in [0.2, 0.25) is 0 Å². The average molecular weight is 258 g/mol. The fraction of sp³-hybridized carbons (Fsp3) is 0.647. The largest absolute Gasteiger partial charge is 0.317 e. The molecule has 0 bridgehead atoms. The van der Waals surface area contributed by atoms with Crippen LogP contribution >= 0.6 is 0 Å². The van der Waals surface area contributed by atoms with Crippen LogP contribution in [0.1, 0.15) is 43.6 Å². The van der Waals surface area contributed by atoms with Crippen LogP contribution in [0.25, 0.3) is 0 Å². The van der Waals surface area contributed by atoms with Crippen LogP contribution in [0.4, 0.5) is 0 Å². The zero-order valence-corrected chi connectivity index (χ0v) is 12.0. The van der Waals surface area contributed by atoms with Gasteiger partial charge in [-0.05, 0) is 57.2 Å². The Labute approximate surface area is 117 Å². The van der Waals surface area contributed by atoms with Crippen LogP contribution in [-0.4, -0.2) is 37.1 Å². The molecule has 1 atom stereocenters. The van der Waals surface area contributed by atoms with Crippen LogP contribution in [0.5, 0.6) is 0 Å². The molecule has 2 aliphatic rings. The lowest BCUT2D eigenvalue weighted by Crippen LogP contribution is -2.40. The third-order valence-electron chi connectivity index (χ3n) is 5.11. The molecule has 1 aliphatic heterocycles.